The number of benzene rings is 8. The summed E-state index contributed by atoms with van der Waals surface area (Å²) in [4.78, 5) is 10.3. The third-order valence-electron chi connectivity index (χ3n) is 15.9. The van der Waals surface area contributed by atoms with Crippen LogP contribution in [-0.4, -0.2) is 6.71 Å². The molecule has 0 saturated carbocycles. The smallest absolute Gasteiger partial charge is 0.264 e. The molecule has 6 heteroatoms. The van der Waals surface area contributed by atoms with Crippen molar-refractivity contribution in [2.24, 2.45) is 0 Å². The van der Waals surface area contributed by atoms with Crippen LogP contribution in [0.4, 0.5) is 51.2 Å². The fourth-order valence-corrected chi connectivity index (χ4v) is 14.4. The van der Waals surface area contributed by atoms with Crippen molar-refractivity contribution < 1.29 is 0 Å². The van der Waals surface area contributed by atoms with Crippen LogP contribution < -0.4 is 30.4 Å². The molecule has 13 rings (SSSR count). The predicted octanol–water partition coefficient (Wildman–Crippen LogP) is 17.1. The quantitative estimate of drug-likeness (QED) is 0.163. The zero-order chi connectivity index (χ0) is 49.1. The molecule has 3 aliphatic heterocycles. The third-order valence-corrected chi connectivity index (χ3v) is 18.2. The summed E-state index contributed by atoms with van der Waals surface area (Å²) in [5, 5.41) is 1.31. The Morgan fingerprint density at radius 3 is 1.56 bits per heavy atom. The standard InChI is InChI=1S/C65H60BN3S2/c1-62(2,3)39-24-29-42(30-25-39)67-51-33-28-41(64(7,8)9)34-50(51)66-59-54(67)35-44(68-52-20-14-16-22-56(52)70-57-23-17-15-21-53(57)68)36-55(59)69(43-31-26-40(27-32-43)63(4,5)6)60-47-37-46-45-18-12-13-19-48(45)65(10,11)49(46)38-58(47)71-61(60)66/h12-38H,1-11H3. The van der Waals surface area contributed by atoms with Crippen LogP contribution in [0.2, 0.25) is 0 Å². The summed E-state index contributed by atoms with van der Waals surface area (Å²) in [6.07, 6.45) is 0. The Morgan fingerprint density at radius 2 is 0.958 bits per heavy atom. The van der Waals surface area contributed by atoms with Gasteiger partial charge in [-0.05, 0) is 145 Å². The van der Waals surface area contributed by atoms with Gasteiger partial charge in [-0.1, -0.05) is 173 Å². The number of hydrogen-bond acceptors (Lipinski definition) is 5. The van der Waals surface area contributed by atoms with Gasteiger partial charge in [-0.15, -0.1) is 11.3 Å². The highest BCUT2D eigenvalue weighted by atomic mass is 32.2. The molecule has 0 spiro atoms. The van der Waals surface area contributed by atoms with Crippen molar-refractivity contribution >= 4 is 107 Å². The average molecular weight is 958 g/mol. The lowest BCUT2D eigenvalue weighted by Crippen LogP contribution is -2.60. The third kappa shape index (κ3) is 6.70. The maximum atomic E-state index is 2.66. The van der Waals surface area contributed by atoms with Crippen LogP contribution >= 0.6 is 23.1 Å². The lowest BCUT2D eigenvalue weighted by Gasteiger charge is -2.45. The van der Waals surface area contributed by atoms with E-state index in [9.17, 15) is 0 Å². The van der Waals surface area contributed by atoms with Crippen LogP contribution in [0.15, 0.2) is 174 Å². The number of nitrogens with zero attached hydrogens (tertiary/aromatic N) is 3. The molecule has 9 aromatic rings. The van der Waals surface area contributed by atoms with Crippen molar-refractivity contribution in [3.05, 3.63) is 192 Å². The fourth-order valence-electron chi connectivity index (χ4n) is 12.0. The molecule has 0 N–H and O–H groups in total. The zero-order valence-electron chi connectivity index (χ0n) is 42.8. The van der Waals surface area contributed by atoms with Gasteiger partial charge in [0.1, 0.15) is 0 Å². The summed E-state index contributed by atoms with van der Waals surface area (Å²) >= 11 is 3.87. The Morgan fingerprint density at radius 1 is 0.437 bits per heavy atom. The SMILES string of the molecule is CC(C)(C)c1ccc(N2c3ccc(C(C)(C)C)cc3B3c4sc5cc6c(cc5c4N(c4ccc(C(C)(C)C)cc4)c4cc(N5c7ccccc7Sc7ccccc75)cc2c43)-c2ccccc2C6(C)C)cc1. The second-order valence-electron chi connectivity index (χ2n) is 23.9. The van der Waals surface area contributed by atoms with Gasteiger partial charge in [0, 0.05) is 58.5 Å². The van der Waals surface area contributed by atoms with Gasteiger partial charge in [0.15, 0.2) is 0 Å². The first-order chi connectivity index (χ1) is 33.9. The minimum absolute atomic E-state index is 0.0101. The van der Waals surface area contributed by atoms with E-state index in [1.807, 2.05) is 23.1 Å². The van der Waals surface area contributed by atoms with Crippen molar-refractivity contribution in [3.63, 3.8) is 0 Å². The van der Waals surface area contributed by atoms with Crippen molar-refractivity contribution in [2.45, 2.75) is 108 Å². The van der Waals surface area contributed by atoms with Crippen LogP contribution in [0.1, 0.15) is 104 Å². The highest BCUT2D eigenvalue weighted by Gasteiger charge is 2.47. The van der Waals surface area contributed by atoms with Crippen molar-refractivity contribution in [1.82, 2.24) is 0 Å². The van der Waals surface area contributed by atoms with Gasteiger partial charge in [-0.2, -0.15) is 0 Å². The molecule has 71 heavy (non-hydrogen) atoms. The van der Waals surface area contributed by atoms with E-state index >= 15 is 0 Å². The molecule has 0 amide bonds. The van der Waals surface area contributed by atoms with Gasteiger partial charge in [0.2, 0.25) is 0 Å². The molecule has 1 aliphatic carbocycles. The molecule has 8 aromatic carbocycles. The van der Waals surface area contributed by atoms with E-state index in [-0.39, 0.29) is 28.4 Å². The lowest BCUT2D eigenvalue weighted by molar-refractivity contribution is 0.590. The largest absolute Gasteiger partial charge is 0.311 e. The van der Waals surface area contributed by atoms with E-state index in [0.717, 1.165) is 11.4 Å². The minimum Gasteiger partial charge on any atom is -0.311 e. The summed E-state index contributed by atoms with van der Waals surface area (Å²) in [7, 11) is 0. The maximum absolute atomic E-state index is 2.66. The molecular weight excluding hydrogens is 898 g/mol. The van der Waals surface area contributed by atoms with Gasteiger partial charge in [0.05, 0.1) is 22.7 Å². The number of para-hydroxylation sites is 2. The molecule has 350 valence electrons. The Balaban J connectivity index is 1.17. The molecule has 4 heterocycles. The Bertz CT molecular complexity index is 3630. The van der Waals surface area contributed by atoms with E-state index in [4.69, 9.17) is 0 Å². The average Bonchev–Trinajstić information content (AvgIpc) is 3.82. The monoisotopic (exact) mass is 957 g/mol. The first kappa shape index (κ1) is 44.5. The normalized spacial score (nSPS) is 15.2. The second kappa shape index (κ2) is 15.3. The number of fused-ring (bicyclic) bond motifs is 11. The van der Waals surface area contributed by atoms with E-state index in [1.54, 1.807) is 0 Å². The minimum atomic E-state index is -0.112. The summed E-state index contributed by atoms with van der Waals surface area (Å²) < 4.78 is 2.74. The molecule has 0 bridgehead atoms. The Labute approximate surface area is 429 Å². The van der Waals surface area contributed by atoms with E-state index in [0.29, 0.717) is 0 Å². The van der Waals surface area contributed by atoms with Gasteiger partial charge < -0.3 is 14.7 Å². The lowest BCUT2D eigenvalue weighted by atomic mass is 9.36. The highest BCUT2D eigenvalue weighted by Crippen LogP contribution is 2.57. The van der Waals surface area contributed by atoms with Crippen molar-refractivity contribution in [3.8, 4) is 11.1 Å². The molecule has 0 saturated heterocycles. The van der Waals surface area contributed by atoms with Crippen molar-refractivity contribution in [2.75, 3.05) is 14.7 Å². The van der Waals surface area contributed by atoms with E-state index in [1.165, 1.54) is 114 Å². The number of rotatable bonds is 3. The fraction of sp³-hybridized carbons (Fsp3) is 0.231. The molecule has 0 unspecified atom stereocenters. The second-order valence-corrected chi connectivity index (χ2v) is 26.0. The highest BCUT2D eigenvalue weighted by molar-refractivity contribution is 7.99. The zero-order valence-corrected chi connectivity index (χ0v) is 44.5. The molecule has 1 aromatic heterocycles. The topological polar surface area (TPSA) is 9.72 Å². The molecule has 0 atom stereocenters. The summed E-state index contributed by atoms with van der Waals surface area (Å²) in [5.74, 6) is 0. The Kier molecular flexibility index (Phi) is 9.57. The van der Waals surface area contributed by atoms with Gasteiger partial charge in [-0.25, -0.2) is 0 Å². The number of hydrogen-bond donors (Lipinski definition) is 0. The van der Waals surface area contributed by atoms with Gasteiger partial charge in [-0.3, -0.25) is 0 Å². The molecule has 0 radical (unpaired) electrons. The summed E-state index contributed by atoms with van der Waals surface area (Å²) in [6.45, 7) is 25.7. The molecule has 3 nitrogen and oxygen atoms in total. The van der Waals surface area contributed by atoms with Gasteiger partial charge in [0.25, 0.3) is 6.71 Å². The number of thiophene rings is 1. The van der Waals surface area contributed by atoms with Crippen LogP contribution in [0, 0.1) is 0 Å². The van der Waals surface area contributed by atoms with Crippen LogP contribution in [0.5, 0.6) is 0 Å². The molecule has 0 fully saturated rings. The van der Waals surface area contributed by atoms with Gasteiger partial charge >= 0.3 is 0 Å². The maximum Gasteiger partial charge on any atom is 0.264 e. The predicted molar refractivity (Wildman–Crippen MR) is 308 cm³/mol. The first-order valence-corrected chi connectivity index (χ1v) is 27.0. The molecule has 4 aliphatic rings. The van der Waals surface area contributed by atoms with Crippen LogP contribution in [-0.2, 0) is 21.7 Å². The van der Waals surface area contributed by atoms with Crippen LogP contribution in [0.3, 0.4) is 0 Å². The first-order valence-electron chi connectivity index (χ1n) is 25.4. The van der Waals surface area contributed by atoms with Crippen LogP contribution in [0.25, 0.3) is 21.2 Å². The summed E-state index contributed by atoms with van der Waals surface area (Å²) in [6, 6.07) is 63.5. The van der Waals surface area contributed by atoms with E-state index < -0.39 is 0 Å². The Hall–Kier alpha value is -6.47. The van der Waals surface area contributed by atoms with Crippen molar-refractivity contribution in [1.29, 1.82) is 0 Å². The van der Waals surface area contributed by atoms with E-state index in [2.05, 4.69) is 255 Å². The number of anilines is 9. The molecular formula is C65H60BN3S2. The summed E-state index contributed by atoms with van der Waals surface area (Å²) in [5.41, 5.74) is 22.9.